The number of hydrazone groups is 1. The smallest absolute Gasteiger partial charge is 0.226 e. The van der Waals surface area contributed by atoms with Gasteiger partial charge in [0.1, 0.15) is 11.5 Å². The SMILES string of the molecule is C/C(=N\Nc1ccc(F)cc1)c1cccc[nH+]1.[Cl-]. The number of hydrogen-bond donors (Lipinski definition) is 1. The summed E-state index contributed by atoms with van der Waals surface area (Å²) < 4.78 is 12.7. The van der Waals surface area contributed by atoms with Crippen molar-refractivity contribution in [2.75, 3.05) is 5.43 Å². The van der Waals surface area contributed by atoms with Crippen LogP contribution in [0.4, 0.5) is 10.1 Å². The van der Waals surface area contributed by atoms with E-state index in [0.29, 0.717) is 0 Å². The number of nitrogens with one attached hydrogen (secondary N) is 2. The number of hydrogen-bond acceptors (Lipinski definition) is 2. The zero-order valence-electron chi connectivity index (χ0n) is 9.82. The first-order valence-corrected chi connectivity index (χ1v) is 5.28. The van der Waals surface area contributed by atoms with Crippen LogP contribution in [0.15, 0.2) is 53.8 Å². The van der Waals surface area contributed by atoms with Crippen molar-refractivity contribution in [1.82, 2.24) is 0 Å². The number of aromatic nitrogens is 1. The minimum Gasteiger partial charge on any atom is -1.00 e. The van der Waals surface area contributed by atoms with Crippen molar-refractivity contribution in [3.8, 4) is 0 Å². The number of rotatable bonds is 3. The minimum atomic E-state index is -0.257. The molecule has 0 saturated heterocycles. The van der Waals surface area contributed by atoms with E-state index in [0.717, 1.165) is 17.1 Å². The number of anilines is 1. The Labute approximate surface area is 111 Å². The molecule has 0 bridgehead atoms. The van der Waals surface area contributed by atoms with E-state index in [1.165, 1.54) is 12.1 Å². The molecule has 1 aromatic carbocycles. The molecule has 0 aliphatic carbocycles. The first-order valence-electron chi connectivity index (χ1n) is 5.28. The summed E-state index contributed by atoms with van der Waals surface area (Å²) in [4.78, 5) is 3.08. The maximum atomic E-state index is 12.7. The van der Waals surface area contributed by atoms with Gasteiger partial charge in [-0.2, -0.15) is 5.10 Å². The molecule has 1 aromatic heterocycles. The molecule has 0 radical (unpaired) electrons. The van der Waals surface area contributed by atoms with Crippen LogP contribution in [0.1, 0.15) is 12.6 Å². The molecule has 0 spiro atoms. The number of halogens is 2. The summed E-state index contributed by atoms with van der Waals surface area (Å²) in [6.07, 6.45) is 1.84. The third kappa shape index (κ3) is 3.82. The second-order valence-electron chi connectivity index (χ2n) is 3.59. The van der Waals surface area contributed by atoms with Gasteiger partial charge in [0.05, 0.1) is 5.69 Å². The van der Waals surface area contributed by atoms with Crippen molar-refractivity contribution in [1.29, 1.82) is 0 Å². The fourth-order valence-electron chi connectivity index (χ4n) is 1.35. The molecule has 0 atom stereocenters. The highest BCUT2D eigenvalue weighted by Gasteiger charge is 2.03. The second kappa shape index (κ2) is 6.71. The van der Waals surface area contributed by atoms with Crippen LogP contribution in [0.25, 0.3) is 0 Å². The van der Waals surface area contributed by atoms with Crippen LogP contribution in [0.2, 0.25) is 0 Å². The summed E-state index contributed by atoms with van der Waals surface area (Å²) in [6, 6.07) is 11.8. The first-order chi connectivity index (χ1) is 8.25. The highest BCUT2D eigenvalue weighted by Crippen LogP contribution is 2.08. The largest absolute Gasteiger partial charge is 1.00 e. The van der Waals surface area contributed by atoms with Gasteiger partial charge in [0, 0.05) is 12.1 Å². The summed E-state index contributed by atoms with van der Waals surface area (Å²) in [6.45, 7) is 1.89. The molecule has 2 aromatic rings. The quantitative estimate of drug-likeness (QED) is 0.589. The Bertz CT molecular complexity index is 512. The summed E-state index contributed by atoms with van der Waals surface area (Å²) in [7, 11) is 0. The Balaban J connectivity index is 0.00000162. The third-order valence-electron chi connectivity index (χ3n) is 2.30. The van der Waals surface area contributed by atoms with Crippen molar-refractivity contribution in [3.05, 3.63) is 60.2 Å². The maximum Gasteiger partial charge on any atom is 0.226 e. The summed E-state index contributed by atoms with van der Waals surface area (Å²) >= 11 is 0. The average Bonchev–Trinajstić information content (AvgIpc) is 2.39. The highest BCUT2D eigenvalue weighted by molar-refractivity contribution is 5.95. The second-order valence-corrected chi connectivity index (χ2v) is 3.59. The Morgan fingerprint density at radius 2 is 1.89 bits per heavy atom. The van der Waals surface area contributed by atoms with Gasteiger partial charge in [0.2, 0.25) is 5.69 Å². The van der Waals surface area contributed by atoms with Gasteiger partial charge in [-0.05, 0) is 37.3 Å². The standard InChI is InChI=1S/C13H12FN3.ClH/c1-10(13-4-2-3-9-15-13)16-17-12-7-5-11(14)6-8-12;/h2-9,17H,1H3;1H/b16-10+;. The molecular formula is C13H13ClFN3. The van der Waals surface area contributed by atoms with Gasteiger partial charge in [-0.15, -0.1) is 0 Å². The van der Waals surface area contributed by atoms with Crippen LogP contribution < -0.4 is 22.8 Å². The monoisotopic (exact) mass is 265 g/mol. The van der Waals surface area contributed by atoms with Crippen molar-refractivity contribution >= 4 is 11.4 Å². The van der Waals surface area contributed by atoms with Crippen LogP contribution in [0, 0.1) is 5.82 Å². The summed E-state index contributed by atoms with van der Waals surface area (Å²) in [5.41, 5.74) is 5.38. The first kappa shape index (κ1) is 14.1. The molecule has 0 aliphatic rings. The van der Waals surface area contributed by atoms with Crippen molar-refractivity contribution in [3.63, 3.8) is 0 Å². The average molecular weight is 266 g/mol. The fourth-order valence-corrected chi connectivity index (χ4v) is 1.35. The molecule has 18 heavy (non-hydrogen) atoms. The Morgan fingerprint density at radius 3 is 2.50 bits per heavy atom. The van der Waals surface area contributed by atoms with Crippen LogP contribution in [-0.2, 0) is 0 Å². The molecule has 0 unspecified atom stereocenters. The van der Waals surface area contributed by atoms with Crippen molar-refractivity contribution < 1.29 is 21.8 Å². The molecule has 0 aliphatic heterocycles. The number of benzene rings is 1. The fraction of sp³-hybridized carbons (Fsp3) is 0.0769. The lowest BCUT2D eigenvalue weighted by Gasteiger charge is -2.00. The number of aromatic amines is 1. The predicted molar refractivity (Wildman–Crippen MR) is 65.2 cm³/mol. The molecular weight excluding hydrogens is 253 g/mol. The zero-order chi connectivity index (χ0) is 12.1. The normalized spacial score (nSPS) is 10.7. The Kier molecular flexibility index (Phi) is 5.27. The number of H-pyrrole nitrogens is 1. The van der Waals surface area contributed by atoms with E-state index >= 15 is 0 Å². The summed E-state index contributed by atoms with van der Waals surface area (Å²) in [5.74, 6) is -0.257. The highest BCUT2D eigenvalue weighted by atomic mass is 35.5. The third-order valence-corrected chi connectivity index (χ3v) is 2.30. The van der Waals surface area contributed by atoms with Gasteiger partial charge >= 0.3 is 0 Å². The number of pyridine rings is 1. The molecule has 0 amide bonds. The van der Waals surface area contributed by atoms with E-state index < -0.39 is 0 Å². The molecule has 5 heteroatoms. The van der Waals surface area contributed by atoms with Crippen LogP contribution in [0.5, 0.6) is 0 Å². The molecule has 0 saturated carbocycles. The van der Waals surface area contributed by atoms with Crippen LogP contribution in [0.3, 0.4) is 0 Å². The Hall–Kier alpha value is -1.94. The summed E-state index contributed by atoms with van der Waals surface area (Å²) in [5, 5.41) is 4.21. The van der Waals surface area contributed by atoms with Crippen LogP contribution in [-0.4, -0.2) is 5.71 Å². The Morgan fingerprint density at radius 1 is 1.17 bits per heavy atom. The van der Waals surface area contributed by atoms with E-state index in [1.807, 2.05) is 31.3 Å². The topological polar surface area (TPSA) is 38.5 Å². The van der Waals surface area contributed by atoms with E-state index in [2.05, 4.69) is 15.5 Å². The predicted octanol–water partition coefficient (Wildman–Crippen LogP) is -0.520. The molecule has 2 N–H and O–H groups in total. The zero-order valence-corrected chi connectivity index (χ0v) is 10.6. The molecule has 94 valence electrons. The van der Waals surface area contributed by atoms with Crippen molar-refractivity contribution in [2.24, 2.45) is 5.10 Å². The molecule has 2 rings (SSSR count). The lowest BCUT2D eigenvalue weighted by atomic mass is 10.3. The van der Waals surface area contributed by atoms with Gasteiger partial charge < -0.3 is 12.4 Å². The van der Waals surface area contributed by atoms with E-state index in [-0.39, 0.29) is 18.2 Å². The van der Waals surface area contributed by atoms with Gasteiger partial charge in [0.15, 0.2) is 6.20 Å². The number of nitrogens with zero attached hydrogens (tertiary/aromatic N) is 1. The van der Waals surface area contributed by atoms with Gasteiger partial charge in [-0.25, -0.2) is 9.37 Å². The van der Waals surface area contributed by atoms with E-state index in [4.69, 9.17) is 0 Å². The van der Waals surface area contributed by atoms with Gasteiger partial charge in [0.25, 0.3) is 0 Å². The lowest BCUT2D eigenvalue weighted by molar-refractivity contribution is -0.380. The molecule has 3 nitrogen and oxygen atoms in total. The van der Waals surface area contributed by atoms with E-state index in [9.17, 15) is 4.39 Å². The lowest BCUT2D eigenvalue weighted by Crippen LogP contribution is -3.00. The maximum absolute atomic E-state index is 12.7. The molecule has 0 fully saturated rings. The minimum absolute atomic E-state index is 0. The van der Waals surface area contributed by atoms with Gasteiger partial charge in [-0.1, -0.05) is 0 Å². The van der Waals surface area contributed by atoms with Crippen LogP contribution >= 0.6 is 0 Å². The van der Waals surface area contributed by atoms with E-state index in [1.54, 1.807) is 12.1 Å². The van der Waals surface area contributed by atoms with Gasteiger partial charge in [-0.3, -0.25) is 5.43 Å². The van der Waals surface area contributed by atoms with Crippen molar-refractivity contribution in [2.45, 2.75) is 6.92 Å². The molecule has 1 heterocycles.